The second-order valence-electron chi connectivity index (χ2n) is 2.56. The first-order chi connectivity index (χ1) is 6.13. The average molecular weight is 182 g/mol. The number of ether oxygens (including phenoxy) is 1. The zero-order chi connectivity index (χ0) is 9.84. The summed E-state index contributed by atoms with van der Waals surface area (Å²) in [6.07, 6.45) is 1.15. The van der Waals surface area contributed by atoms with Gasteiger partial charge in [-0.3, -0.25) is 9.59 Å². The highest BCUT2D eigenvalue weighted by Gasteiger charge is 2.13. The van der Waals surface area contributed by atoms with Crippen molar-refractivity contribution in [2.24, 2.45) is 0 Å². The Hall–Kier alpha value is -1.65. The van der Waals surface area contributed by atoms with Gasteiger partial charge in [0.25, 0.3) is 0 Å². The van der Waals surface area contributed by atoms with E-state index < -0.39 is 5.97 Å². The Morgan fingerprint density at radius 2 is 2.31 bits per heavy atom. The average Bonchev–Trinajstić information content (AvgIpc) is 2.51. The number of carbonyl (C=O) groups is 2. The Kier molecular flexibility index (Phi) is 2.79. The minimum absolute atomic E-state index is 0.252. The predicted molar refractivity (Wildman–Crippen MR) is 44.3 cm³/mol. The van der Waals surface area contributed by atoms with E-state index in [0.29, 0.717) is 11.5 Å². The molecule has 5 nitrogen and oxygen atoms in total. The van der Waals surface area contributed by atoms with Gasteiger partial charge in [-0.2, -0.15) is 0 Å². The Morgan fingerprint density at radius 3 is 2.77 bits per heavy atom. The summed E-state index contributed by atoms with van der Waals surface area (Å²) in [4.78, 5) is 28.6. The van der Waals surface area contributed by atoms with Gasteiger partial charge in [-0.05, 0) is 6.92 Å². The first-order valence-electron chi connectivity index (χ1n) is 3.75. The fourth-order valence-electron chi connectivity index (χ4n) is 0.861. The molecule has 0 saturated carbocycles. The maximum absolute atomic E-state index is 11.3. The van der Waals surface area contributed by atoms with Gasteiger partial charge in [-0.25, -0.2) is 4.98 Å². The van der Waals surface area contributed by atoms with E-state index in [1.807, 2.05) is 0 Å². The number of hydrogen-bond donors (Lipinski definition) is 1. The molecule has 5 heteroatoms. The van der Waals surface area contributed by atoms with Gasteiger partial charge in [0.1, 0.15) is 17.9 Å². The number of aryl methyl sites for hydroxylation is 1. The van der Waals surface area contributed by atoms with Crippen LogP contribution >= 0.6 is 0 Å². The van der Waals surface area contributed by atoms with Crippen LogP contribution in [-0.2, 0) is 9.53 Å². The van der Waals surface area contributed by atoms with Crippen LogP contribution in [0, 0.1) is 6.92 Å². The molecule has 1 aromatic rings. The number of aromatic nitrogens is 2. The number of aromatic amines is 1. The maximum Gasteiger partial charge on any atom is 0.313 e. The molecule has 0 aliphatic rings. The molecule has 0 fully saturated rings. The van der Waals surface area contributed by atoms with Crippen molar-refractivity contribution in [3.05, 3.63) is 17.7 Å². The number of Topliss-reactive ketones (excluding diaryl/α,β-unsaturated/α-hetero) is 1. The zero-order valence-corrected chi connectivity index (χ0v) is 7.46. The highest BCUT2D eigenvalue weighted by Crippen LogP contribution is 2.01. The van der Waals surface area contributed by atoms with E-state index >= 15 is 0 Å². The molecule has 1 rings (SSSR count). The lowest BCUT2D eigenvalue weighted by molar-refractivity contribution is -0.139. The third-order valence-corrected chi connectivity index (χ3v) is 1.54. The summed E-state index contributed by atoms with van der Waals surface area (Å²) in [7, 11) is 1.24. The molecule has 0 aliphatic carbocycles. The van der Waals surface area contributed by atoms with Crippen molar-refractivity contribution in [1.82, 2.24) is 9.97 Å². The Balaban J connectivity index is 2.64. The van der Waals surface area contributed by atoms with Gasteiger partial charge in [0.15, 0.2) is 5.78 Å². The van der Waals surface area contributed by atoms with Crippen LogP contribution in [0.5, 0.6) is 0 Å². The lowest BCUT2D eigenvalue weighted by Crippen LogP contribution is -2.09. The van der Waals surface area contributed by atoms with Crippen LogP contribution in [0.15, 0.2) is 6.20 Å². The fourth-order valence-corrected chi connectivity index (χ4v) is 0.861. The van der Waals surface area contributed by atoms with E-state index in [0.717, 1.165) is 0 Å². The Morgan fingerprint density at radius 1 is 1.62 bits per heavy atom. The molecule has 0 atom stereocenters. The first kappa shape index (κ1) is 9.44. The third-order valence-electron chi connectivity index (χ3n) is 1.54. The van der Waals surface area contributed by atoms with Gasteiger partial charge in [-0.15, -0.1) is 0 Å². The number of carbonyl (C=O) groups excluding carboxylic acids is 2. The van der Waals surface area contributed by atoms with E-state index in [9.17, 15) is 9.59 Å². The molecule has 1 aromatic heterocycles. The summed E-state index contributed by atoms with van der Waals surface area (Å²) in [5.74, 6) is -0.210. The van der Waals surface area contributed by atoms with Crippen LogP contribution < -0.4 is 0 Å². The molecule has 0 bridgehead atoms. The SMILES string of the molecule is COC(=O)CC(=O)c1cnc(C)[nH]1. The smallest absolute Gasteiger partial charge is 0.313 e. The molecule has 0 aromatic carbocycles. The molecule has 1 N–H and O–H groups in total. The molecule has 1 heterocycles. The summed E-state index contributed by atoms with van der Waals surface area (Å²) >= 11 is 0. The van der Waals surface area contributed by atoms with Crippen LogP contribution in [0.4, 0.5) is 0 Å². The van der Waals surface area contributed by atoms with E-state index in [1.165, 1.54) is 13.3 Å². The number of methoxy groups -OCH3 is 1. The van der Waals surface area contributed by atoms with Crippen molar-refractivity contribution in [2.45, 2.75) is 13.3 Å². The predicted octanol–water partition coefficient (Wildman–Crippen LogP) is 0.464. The van der Waals surface area contributed by atoms with Crippen molar-refractivity contribution in [3.63, 3.8) is 0 Å². The highest BCUT2D eigenvalue weighted by molar-refractivity contribution is 6.04. The van der Waals surface area contributed by atoms with Gasteiger partial charge in [-0.1, -0.05) is 0 Å². The number of H-pyrrole nitrogens is 1. The molecular weight excluding hydrogens is 172 g/mol. The Bertz CT molecular complexity index is 330. The van der Waals surface area contributed by atoms with Crippen LogP contribution in [0.1, 0.15) is 22.7 Å². The minimum Gasteiger partial charge on any atom is -0.469 e. The van der Waals surface area contributed by atoms with Gasteiger partial charge in [0.05, 0.1) is 13.3 Å². The molecule has 0 aliphatic heterocycles. The monoisotopic (exact) mass is 182 g/mol. The maximum atomic E-state index is 11.3. The highest BCUT2D eigenvalue weighted by atomic mass is 16.5. The number of nitrogens with one attached hydrogen (secondary N) is 1. The van der Waals surface area contributed by atoms with E-state index in [4.69, 9.17) is 0 Å². The topological polar surface area (TPSA) is 72.1 Å². The summed E-state index contributed by atoms with van der Waals surface area (Å²) in [5.41, 5.74) is 0.336. The summed E-state index contributed by atoms with van der Waals surface area (Å²) in [6.45, 7) is 1.73. The number of hydrogen-bond acceptors (Lipinski definition) is 4. The summed E-state index contributed by atoms with van der Waals surface area (Å²) < 4.78 is 4.36. The lowest BCUT2D eigenvalue weighted by atomic mass is 10.2. The van der Waals surface area contributed by atoms with Crippen molar-refractivity contribution >= 4 is 11.8 Å². The van der Waals surface area contributed by atoms with Gasteiger partial charge < -0.3 is 9.72 Å². The van der Waals surface area contributed by atoms with Gasteiger partial charge in [0, 0.05) is 0 Å². The first-order valence-corrected chi connectivity index (χ1v) is 3.75. The molecule has 0 spiro atoms. The Labute approximate surface area is 75.1 Å². The molecule has 0 unspecified atom stereocenters. The summed E-state index contributed by atoms with van der Waals surface area (Å²) in [6, 6.07) is 0. The number of esters is 1. The van der Waals surface area contributed by atoms with E-state index in [-0.39, 0.29) is 12.2 Å². The van der Waals surface area contributed by atoms with E-state index in [2.05, 4.69) is 14.7 Å². The summed E-state index contributed by atoms with van der Waals surface area (Å²) in [5, 5.41) is 0. The van der Waals surface area contributed by atoms with Gasteiger partial charge >= 0.3 is 5.97 Å². The van der Waals surface area contributed by atoms with Crippen molar-refractivity contribution in [3.8, 4) is 0 Å². The van der Waals surface area contributed by atoms with Crippen molar-refractivity contribution in [1.29, 1.82) is 0 Å². The van der Waals surface area contributed by atoms with Crippen LogP contribution in [0.3, 0.4) is 0 Å². The van der Waals surface area contributed by atoms with Crippen LogP contribution in [0.2, 0.25) is 0 Å². The third kappa shape index (κ3) is 2.40. The number of imidazole rings is 1. The minimum atomic E-state index is -0.544. The van der Waals surface area contributed by atoms with E-state index in [1.54, 1.807) is 6.92 Å². The number of ketones is 1. The van der Waals surface area contributed by atoms with Crippen LogP contribution in [-0.4, -0.2) is 28.8 Å². The van der Waals surface area contributed by atoms with Crippen molar-refractivity contribution in [2.75, 3.05) is 7.11 Å². The molecule has 70 valence electrons. The normalized spacial score (nSPS) is 9.69. The number of rotatable bonds is 3. The second kappa shape index (κ2) is 3.84. The number of nitrogens with zero attached hydrogens (tertiary/aromatic N) is 1. The molecule has 0 saturated heterocycles. The molecule has 0 amide bonds. The molecule has 0 radical (unpaired) electrons. The lowest BCUT2D eigenvalue weighted by Gasteiger charge is -1.95. The fraction of sp³-hybridized carbons (Fsp3) is 0.375. The standard InChI is InChI=1S/C8H10N2O3/c1-5-9-4-6(10-5)7(11)3-8(12)13-2/h4H,3H2,1-2H3,(H,9,10). The van der Waals surface area contributed by atoms with Crippen molar-refractivity contribution < 1.29 is 14.3 Å². The zero-order valence-electron chi connectivity index (χ0n) is 7.46. The largest absolute Gasteiger partial charge is 0.469 e. The molecule has 13 heavy (non-hydrogen) atoms. The van der Waals surface area contributed by atoms with Crippen LogP contribution in [0.25, 0.3) is 0 Å². The van der Waals surface area contributed by atoms with Gasteiger partial charge in [0.2, 0.25) is 0 Å². The quantitative estimate of drug-likeness (QED) is 0.419. The second-order valence-corrected chi connectivity index (χ2v) is 2.56. The molecular formula is C8H10N2O3.